The number of phenols is 1. The lowest BCUT2D eigenvalue weighted by Crippen LogP contribution is -2.14. The lowest BCUT2D eigenvalue weighted by Gasteiger charge is -2.14. The topological polar surface area (TPSA) is 77.0 Å². The number of carbonyl (C=O) groups is 1. The van der Waals surface area contributed by atoms with Crippen LogP contribution in [0.4, 0.5) is 5.69 Å². The average molecular weight is 331 g/mol. The summed E-state index contributed by atoms with van der Waals surface area (Å²) in [6.45, 7) is 1.86. The summed E-state index contributed by atoms with van der Waals surface area (Å²) in [6, 6.07) is 8.51. The molecule has 0 heterocycles. The summed E-state index contributed by atoms with van der Waals surface area (Å²) in [7, 11) is 4.56. The van der Waals surface area contributed by atoms with Crippen LogP contribution in [0.5, 0.6) is 23.0 Å². The van der Waals surface area contributed by atoms with Gasteiger partial charge in [0.05, 0.1) is 33.4 Å². The van der Waals surface area contributed by atoms with Crippen LogP contribution in [0.2, 0.25) is 0 Å². The maximum atomic E-state index is 12.2. The minimum atomic E-state index is -0.261. The fourth-order valence-corrected chi connectivity index (χ4v) is 2.36. The van der Waals surface area contributed by atoms with E-state index in [0.29, 0.717) is 28.5 Å². The number of hydrogen-bond acceptors (Lipinski definition) is 5. The van der Waals surface area contributed by atoms with Gasteiger partial charge in [0.25, 0.3) is 0 Å². The smallest absolute Gasteiger partial charge is 0.228 e. The van der Waals surface area contributed by atoms with Crippen molar-refractivity contribution >= 4 is 11.6 Å². The van der Waals surface area contributed by atoms with Crippen molar-refractivity contribution in [3.63, 3.8) is 0 Å². The molecule has 2 aromatic rings. The van der Waals surface area contributed by atoms with E-state index in [1.54, 1.807) is 24.3 Å². The van der Waals surface area contributed by atoms with Crippen LogP contribution in [0.15, 0.2) is 30.3 Å². The Kier molecular flexibility index (Phi) is 5.52. The molecule has 0 aliphatic rings. The first kappa shape index (κ1) is 17.5. The molecule has 0 fully saturated rings. The monoisotopic (exact) mass is 331 g/mol. The van der Waals surface area contributed by atoms with E-state index >= 15 is 0 Å². The summed E-state index contributed by atoms with van der Waals surface area (Å²) in [4.78, 5) is 12.2. The van der Waals surface area contributed by atoms with Crippen LogP contribution in [0.3, 0.4) is 0 Å². The van der Waals surface area contributed by atoms with E-state index in [2.05, 4.69) is 5.32 Å². The van der Waals surface area contributed by atoms with Gasteiger partial charge in [-0.2, -0.15) is 0 Å². The molecule has 0 spiro atoms. The summed E-state index contributed by atoms with van der Waals surface area (Å²) in [5.74, 6) is 1.22. The molecule has 0 bridgehead atoms. The van der Waals surface area contributed by atoms with Gasteiger partial charge in [-0.25, -0.2) is 0 Å². The SMILES string of the molecule is COc1cc(CC(=O)Nc2ccc(C)cc2O)cc(OC)c1OC. The van der Waals surface area contributed by atoms with E-state index in [-0.39, 0.29) is 18.1 Å². The maximum Gasteiger partial charge on any atom is 0.228 e. The van der Waals surface area contributed by atoms with Crippen molar-refractivity contribution in [2.75, 3.05) is 26.6 Å². The second kappa shape index (κ2) is 7.59. The molecule has 0 atom stereocenters. The molecular formula is C18H21NO5. The summed E-state index contributed by atoms with van der Waals surface area (Å²) < 4.78 is 15.8. The molecule has 6 heteroatoms. The van der Waals surface area contributed by atoms with Crippen molar-refractivity contribution in [1.82, 2.24) is 0 Å². The van der Waals surface area contributed by atoms with E-state index in [1.165, 1.54) is 21.3 Å². The highest BCUT2D eigenvalue weighted by molar-refractivity contribution is 5.93. The fourth-order valence-electron chi connectivity index (χ4n) is 2.36. The zero-order chi connectivity index (χ0) is 17.7. The predicted molar refractivity (Wildman–Crippen MR) is 91.3 cm³/mol. The number of nitrogens with one attached hydrogen (secondary N) is 1. The van der Waals surface area contributed by atoms with E-state index in [0.717, 1.165) is 5.56 Å². The Morgan fingerprint density at radius 2 is 1.67 bits per heavy atom. The largest absolute Gasteiger partial charge is 0.506 e. The molecule has 0 saturated carbocycles. The molecule has 6 nitrogen and oxygen atoms in total. The van der Waals surface area contributed by atoms with Gasteiger partial charge in [0.15, 0.2) is 11.5 Å². The van der Waals surface area contributed by atoms with Gasteiger partial charge in [0.2, 0.25) is 11.7 Å². The van der Waals surface area contributed by atoms with Crippen molar-refractivity contribution in [3.05, 3.63) is 41.5 Å². The zero-order valence-corrected chi connectivity index (χ0v) is 14.2. The quantitative estimate of drug-likeness (QED) is 0.796. The summed E-state index contributed by atoms with van der Waals surface area (Å²) in [5, 5.41) is 12.6. The van der Waals surface area contributed by atoms with E-state index < -0.39 is 0 Å². The van der Waals surface area contributed by atoms with Gasteiger partial charge in [-0.15, -0.1) is 0 Å². The Balaban J connectivity index is 2.19. The number of hydrogen-bond donors (Lipinski definition) is 2. The Bertz CT molecular complexity index is 717. The van der Waals surface area contributed by atoms with Crippen LogP contribution in [-0.2, 0) is 11.2 Å². The molecule has 128 valence electrons. The number of methoxy groups -OCH3 is 3. The summed E-state index contributed by atoms with van der Waals surface area (Å²) in [5.41, 5.74) is 1.99. The van der Waals surface area contributed by atoms with Gasteiger partial charge in [-0.05, 0) is 42.3 Å². The molecule has 0 aromatic heterocycles. The van der Waals surface area contributed by atoms with Crippen LogP contribution < -0.4 is 19.5 Å². The zero-order valence-electron chi connectivity index (χ0n) is 14.2. The van der Waals surface area contributed by atoms with Gasteiger partial charge in [-0.3, -0.25) is 4.79 Å². The van der Waals surface area contributed by atoms with Gasteiger partial charge in [0, 0.05) is 0 Å². The number of aryl methyl sites for hydroxylation is 1. The Hall–Kier alpha value is -2.89. The number of anilines is 1. The first-order chi connectivity index (χ1) is 11.5. The van der Waals surface area contributed by atoms with E-state index in [9.17, 15) is 9.90 Å². The number of rotatable bonds is 6. The van der Waals surface area contributed by atoms with Crippen molar-refractivity contribution in [1.29, 1.82) is 0 Å². The Labute approximate surface area is 141 Å². The van der Waals surface area contributed by atoms with Gasteiger partial charge < -0.3 is 24.6 Å². The van der Waals surface area contributed by atoms with Gasteiger partial charge >= 0.3 is 0 Å². The lowest BCUT2D eigenvalue weighted by molar-refractivity contribution is -0.115. The highest BCUT2D eigenvalue weighted by Gasteiger charge is 2.15. The Morgan fingerprint density at radius 3 is 2.17 bits per heavy atom. The number of benzene rings is 2. The van der Waals surface area contributed by atoms with Crippen LogP contribution >= 0.6 is 0 Å². The molecule has 1 amide bonds. The molecule has 0 unspecified atom stereocenters. The van der Waals surface area contributed by atoms with Crippen molar-refractivity contribution < 1.29 is 24.1 Å². The number of amides is 1. The second-order valence-electron chi connectivity index (χ2n) is 5.28. The molecule has 2 aromatic carbocycles. The normalized spacial score (nSPS) is 10.2. The van der Waals surface area contributed by atoms with Gasteiger partial charge in [0.1, 0.15) is 5.75 Å². The third-order valence-electron chi connectivity index (χ3n) is 3.52. The predicted octanol–water partition coefficient (Wildman–Crippen LogP) is 2.91. The second-order valence-corrected chi connectivity index (χ2v) is 5.28. The molecule has 0 aliphatic heterocycles. The lowest BCUT2D eigenvalue weighted by atomic mass is 10.1. The third kappa shape index (κ3) is 3.90. The number of carbonyl (C=O) groups excluding carboxylic acids is 1. The van der Waals surface area contributed by atoms with Crippen LogP contribution in [0, 0.1) is 6.92 Å². The first-order valence-corrected chi connectivity index (χ1v) is 7.36. The molecule has 0 radical (unpaired) electrons. The molecule has 2 rings (SSSR count). The summed E-state index contributed by atoms with van der Waals surface area (Å²) in [6.07, 6.45) is 0.101. The first-order valence-electron chi connectivity index (χ1n) is 7.36. The number of ether oxygens (including phenoxy) is 3. The number of aromatic hydroxyl groups is 1. The van der Waals surface area contributed by atoms with Crippen LogP contribution in [0.25, 0.3) is 0 Å². The van der Waals surface area contributed by atoms with Crippen LogP contribution in [-0.4, -0.2) is 32.3 Å². The highest BCUT2D eigenvalue weighted by atomic mass is 16.5. The molecular weight excluding hydrogens is 310 g/mol. The average Bonchev–Trinajstić information content (AvgIpc) is 2.56. The maximum absolute atomic E-state index is 12.2. The van der Waals surface area contributed by atoms with Crippen molar-refractivity contribution in [2.24, 2.45) is 0 Å². The van der Waals surface area contributed by atoms with E-state index in [4.69, 9.17) is 14.2 Å². The Morgan fingerprint density at radius 1 is 1.04 bits per heavy atom. The molecule has 0 saturated heterocycles. The standard InChI is InChI=1S/C18H21NO5/c1-11-5-6-13(14(20)7-11)19-17(21)10-12-8-15(22-2)18(24-4)16(9-12)23-3/h5-9,20H,10H2,1-4H3,(H,19,21). The minimum absolute atomic E-state index is 0.0354. The van der Waals surface area contributed by atoms with Crippen molar-refractivity contribution in [2.45, 2.75) is 13.3 Å². The molecule has 0 aliphatic carbocycles. The number of phenolic OH excluding ortho intramolecular Hbond substituents is 1. The fraction of sp³-hybridized carbons (Fsp3) is 0.278. The molecule has 2 N–H and O–H groups in total. The van der Waals surface area contributed by atoms with E-state index in [1.807, 2.05) is 13.0 Å². The summed E-state index contributed by atoms with van der Waals surface area (Å²) >= 11 is 0. The third-order valence-corrected chi connectivity index (χ3v) is 3.52. The molecule has 24 heavy (non-hydrogen) atoms. The van der Waals surface area contributed by atoms with Crippen LogP contribution in [0.1, 0.15) is 11.1 Å². The minimum Gasteiger partial charge on any atom is -0.506 e. The van der Waals surface area contributed by atoms with Crippen molar-refractivity contribution in [3.8, 4) is 23.0 Å². The highest BCUT2D eigenvalue weighted by Crippen LogP contribution is 2.38. The van der Waals surface area contributed by atoms with Gasteiger partial charge in [-0.1, -0.05) is 6.07 Å².